The van der Waals surface area contributed by atoms with E-state index in [0.29, 0.717) is 17.9 Å². The van der Waals surface area contributed by atoms with Gasteiger partial charge in [0.05, 0.1) is 42.0 Å². The van der Waals surface area contributed by atoms with Gasteiger partial charge < -0.3 is 9.64 Å². The Kier molecular flexibility index (Phi) is 6.40. The fourth-order valence-electron chi connectivity index (χ4n) is 3.62. The summed E-state index contributed by atoms with van der Waals surface area (Å²) in [5.74, 6) is -0.106. The molecule has 2 heterocycles. The molecule has 0 bridgehead atoms. The molecule has 0 spiro atoms. The average Bonchev–Trinajstić information content (AvgIpc) is 3.13. The van der Waals surface area contributed by atoms with Crippen LogP contribution in [-0.2, 0) is 25.9 Å². The highest BCUT2D eigenvalue weighted by Crippen LogP contribution is 2.39. The standard InChI is InChI=1S/C21H28N4O5S/c1-14(2)30-21(27)24-12-15(3)25(16(4)26)19-7-6-17(10-20(19)24)18-11-22-23(13-18)8-9-31(5,28)29/h6-7,10-11,13-15H,8-9,12H2,1-5H3/t15-/m0/s1. The van der Waals surface area contributed by atoms with Crippen LogP contribution in [0.15, 0.2) is 30.6 Å². The first-order valence-corrected chi connectivity index (χ1v) is 12.1. The van der Waals surface area contributed by atoms with E-state index in [-0.39, 0.29) is 30.4 Å². The topological polar surface area (TPSA) is 102 Å². The van der Waals surface area contributed by atoms with E-state index in [2.05, 4.69) is 5.10 Å². The Labute approximate surface area is 182 Å². The van der Waals surface area contributed by atoms with Crippen molar-refractivity contribution in [1.29, 1.82) is 0 Å². The predicted molar refractivity (Wildman–Crippen MR) is 119 cm³/mol. The number of rotatable bonds is 5. The maximum atomic E-state index is 12.8. The second-order valence-electron chi connectivity index (χ2n) is 8.11. The van der Waals surface area contributed by atoms with Crippen molar-refractivity contribution in [2.24, 2.45) is 0 Å². The minimum atomic E-state index is -3.09. The molecule has 2 aromatic rings. The minimum Gasteiger partial charge on any atom is -0.446 e. The van der Waals surface area contributed by atoms with Crippen molar-refractivity contribution in [3.05, 3.63) is 30.6 Å². The van der Waals surface area contributed by atoms with E-state index >= 15 is 0 Å². The molecule has 1 aromatic heterocycles. The van der Waals surface area contributed by atoms with E-state index in [1.807, 2.05) is 25.1 Å². The number of hydrogen-bond donors (Lipinski definition) is 0. The number of ether oxygens (including phenoxy) is 1. The molecule has 3 rings (SSSR count). The monoisotopic (exact) mass is 448 g/mol. The maximum Gasteiger partial charge on any atom is 0.414 e. The van der Waals surface area contributed by atoms with Crippen LogP contribution < -0.4 is 9.80 Å². The third-order valence-electron chi connectivity index (χ3n) is 4.97. The summed E-state index contributed by atoms with van der Waals surface area (Å²) in [6.07, 6.45) is 3.86. The normalized spacial score (nSPS) is 16.4. The van der Waals surface area contributed by atoms with Crippen molar-refractivity contribution in [1.82, 2.24) is 9.78 Å². The van der Waals surface area contributed by atoms with E-state index in [4.69, 9.17) is 4.74 Å². The van der Waals surface area contributed by atoms with Crippen molar-refractivity contribution in [3.63, 3.8) is 0 Å². The Bertz CT molecular complexity index is 1090. The van der Waals surface area contributed by atoms with Crippen LogP contribution in [0.3, 0.4) is 0 Å². The van der Waals surface area contributed by atoms with Crippen LogP contribution in [-0.4, -0.2) is 60.9 Å². The van der Waals surface area contributed by atoms with Crippen molar-refractivity contribution in [2.75, 3.05) is 28.4 Å². The SMILES string of the molecule is CC(=O)N1c2ccc(-c3cnn(CCS(C)(=O)=O)c3)cc2N(C(=O)OC(C)C)C[C@@H]1C. The van der Waals surface area contributed by atoms with Crippen molar-refractivity contribution in [2.45, 2.75) is 46.4 Å². The molecule has 0 fully saturated rings. The van der Waals surface area contributed by atoms with Crippen LogP contribution in [0.1, 0.15) is 27.7 Å². The highest BCUT2D eigenvalue weighted by atomic mass is 32.2. The predicted octanol–water partition coefficient (Wildman–Crippen LogP) is 2.70. The van der Waals surface area contributed by atoms with Gasteiger partial charge in [0, 0.05) is 31.5 Å². The van der Waals surface area contributed by atoms with Gasteiger partial charge in [0.15, 0.2) is 0 Å². The quantitative estimate of drug-likeness (QED) is 0.697. The first-order valence-electron chi connectivity index (χ1n) is 10.1. The minimum absolute atomic E-state index is 0.00140. The van der Waals surface area contributed by atoms with Crippen LogP contribution in [0.25, 0.3) is 11.1 Å². The summed E-state index contributed by atoms with van der Waals surface area (Å²) >= 11 is 0. The summed E-state index contributed by atoms with van der Waals surface area (Å²) in [5, 5.41) is 4.24. The molecule has 1 aliphatic rings. The molecule has 168 valence electrons. The molecule has 2 amide bonds. The van der Waals surface area contributed by atoms with Crippen LogP contribution in [0.5, 0.6) is 0 Å². The molecule has 1 aromatic carbocycles. The number of aryl methyl sites for hydroxylation is 1. The lowest BCUT2D eigenvalue weighted by molar-refractivity contribution is -0.117. The molecular weight excluding hydrogens is 420 g/mol. The second kappa shape index (κ2) is 8.70. The van der Waals surface area contributed by atoms with Crippen LogP contribution in [0.4, 0.5) is 16.2 Å². The highest BCUT2D eigenvalue weighted by Gasteiger charge is 2.34. The fourth-order valence-corrected chi connectivity index (χ4v) is 4.14. The Hall–Kier alpha value is -2.88. The Morgan fingerprint density at radius 2 is 1.94 bits per heavy atom. The zero-order valence-corrected chi connectivity index (χ0v) is 19.2. The van der Waals surface area contributed by atoms with Crippen LogP contribution in [0.2, 0.25) is 0 Å². The molecule has 1 atom stereocenters. The highest BCUT2D eigenvalue weighted by molar-refractivity contribution is 7.90. The lowest BCUT2D eigenvalue weighted by Crippen LogP contribution is -2.51. The molecule has 0 aliphatic carbocycles. The van der Waals surface area contributed by atoms with Gasteiger partial charge in [-0.2, -0.15) is 5.10 Å². The van der Waals surface area contributed by atoms with E-state index in [9.17, 15) is 18.0 Å². The van der Waals surface area contributed by atoms with E-state index < -0.39 is 15.9 Å². The van der Waals surface area contributed by atoms with Gasteiger partial charge >= 0.3 is 6.09 Å². The lowest BCUT2D eigenvalue weighted by Gasteiger charge is -2.40. The Balaban J connectivity index is 1.98. The summed E-state index contributed by atoms with van der Waals surface area (Å²) in [7, 11) is -3.09. The average molecular weight is 449 g/mol. The van der Waals surface area contributed by atoms with Gasteiger partial charge in [-0.05, 0) is 38.5 Å². The third-order valence-corrected chi connectivity index (χ3v) is 5.89. The smallest absolute Gasteiger partial charge is 0.414 e. The number of carbonyl (C=O) groups excluding carboxylic acids is 2. The van der Waals surface area contributed by atoms with Crippen molar-refractivity contribution in [3.8, 4) is 11.1 Å². The molecule has 0 unspecified atom stereocenters. The number of anilines is 2. The molecule has 0 saturated heterocycles. The fraction of sp³-hybridized carbons (Fsp3) is 0.476. The first-order chi connectivity index (χ1) is 14.5. The molecular formula is C21H28N4O5S. The Morgan fingerprint density at radius 3 is 2.55 bits per heavy atom. The van der Waals surface area contributed by atoms with E-state index in [1.165, 1.54) is 13.2 Å². The zero-order chi connectivity index (χ0) is 22.9. The molecule has 0 saturated carbocycles. The molecule has 0 radical (unpaired) electrons. The Morgan fingerprint density at radius 1 is 1.23 bits per heavy atom. The number of hydrogen-bond acceptors (Lipinski definition) is 6. The number of benzene rings is 1. The number of amides is 2. The van der Waals surface area contributed by atoms with Gasteiger partial charge in [0.25, 0.3) is 0 Å². The second-order valence-corrected chi connectivity index (χ2v) is 10.4. The van der Waals surface area contributed by atoms with Gasteiger partial charge in [0.1, 0.15) is 9.84 Å². The maximum absolute atomic E-state index is 12.8. The zero-order valence-electron chi connectivity index (χ0n) is 18.4. The third kappa shape index (κ3) is 5.25. The molecule has 1 aliphatic heterocycles. The van der Waals surface area contributed by atoms with Gasteiger partial charge in [-0.25, -0.2) is 13.2 Å². The number of sulfone groups is 1. The molecule has 10 heteroatoms. The van der Waals surface area contributed by atoms with E-state index in [0.717, 1.165) is 11.1 Å². The number of nitrogens with zero attached hydrogens (tertiary/aromatic N) is 4. The van der Waals surface area contributed by atoms with Gasteiger partial charge in [-0.15, -0.1) is 0 Å². The summed E-state index contributed by atoms with van der Waals surface area (Å²) in [6.45, 7) is 7.54. The molecule has 9 nitrogen and oxygen atoms in total. The molecule has 0 N–H and O–H groups in total. The number of aromatic nitrogens is 2. The van der Waals surface area contributed by atoms with E-state index in [1.54, 1.807) is 40.7 Å². The summed E-state index contributed by atoms with van der Waals surface area (Å²) < 4.78 is 29.8. The van der Waals surface area contributed by atoms with Crippen molar-refractivity contribution < 1.29 is 22.7 Å². The van der Waals surface area contributed by atoms with Crippen molar-refractivity contribution >= 4 is 33.2 Å². The first kappa shape index (κ1) is 22.8. The number of fused-ring (bicyclic) bond motifs is 1. The summed E-state index contributed by atoms with van der Waals surface area (Å²) in [5.41, 5.74) is 2.80. The van der Waals surface area contributed by atoms with Gasteiger partial charge in [-0.3, -0.25) is 14.4 Å². The lowest BCUT2D eigenvalue weighted by atomic mass is 10.0. The summed E-state index contributed by atoms with van der Waals surface area (Å²) in [4.78, 5) is 28.2. The molecule has 31 heavy (non-hydrogen) atoms. The van der Waals surface area contributed by atoms with Gasteiger partial charge in [-0.1, -0.05) is 6.07 Å². The summed E-state index contributed by atoms with van der Waals surface area (Å²) in [6, 6.07) is 5.30. The van der Waals surface area contributed by atoms with Gasteiger partial charge in [0.2, 0.25) is 5.91 Å². The van der Waals surface area contributed by atoms with Crippen LogP contribution >= 0.6 is 0 Å². The largest absolute Gasteiger partial charge is 0.446 e. The number of carbonyl (C=O) groups is 2. The van der Waals surface area contributed by atoms with Crippen LogP contribution in [0, 0.1) is 0 Å².